The summed E-state index contributed by atoms with van der Waals surface area (Å²) in [4.78, 5) is 12.9. The SMILES string of the molecule is O=C(OCCN(C1CCC1)C1CCNCC1)C(F)(F)F. The van der Waals surface area contributed by atoms with E-state index in [-0.39, 0.29) is 6.61 Å². The number of rotatable bonds is 5. The summed E-state index contributed by atoms with van der Waals surface area (Å²) in [5, 5.41) is 3.28. The molecule has 1 aliphatic carbocycles. The second kappa shape index (κ2) is 6.76. The lowest BCUT2D eigenvalue weighted by atomic mass is 9.89. The first-order valence-electron chi connectivity index (χ1n) is 7.19. The van der Waals surface area contributed by atoms with Gasteiger partial charge in [-0.15, -0.1) is 0 Å². The van der Waals surface area contributed by atoms with Crippen molar-refractivity contribution in [3.8, 4) is 0 Å². The summed E-state index contributed by atoms with van der Waals surface area (Å²) in [7, 11) is 0. The lowest BCUT2D eigenvalue weighted by molar-refractivity contribution is -0.200. The zero-order valence-corrected chi connectivity index (χ0v) is 11.4. The fraction of sp³-hybridized carbons (Fsp3) is 0.923. The van der Waals surface area contributed by atoms with Gasteiger partial charge >= 0.3 is 12.1 Å². The Morgan fingerprint density at radius 3 is 2.25 bits per heavy atom. The zero-order valence-electron chi connectivity index (χ0n) is 11.4. The van der Waals surface area contributed by atoms with E-state index in [2.05, 4.69) is 15.0 Å². The van der Waals surface area contributed by atoms with Crippen molar-refractivity contribution in [3.05, 3.63) is 0 Å². The third kappa shape index (κ3) is 4.09. The molecular weight excluding hydrogens is 273 g/mol. The normalized spacial score (nSPS) is 21.8. The summed E-state index contributed by atoms with van der Waals surface area (Å²) >= 11 is 0. The second-order valence-corrected chi connectivity index (χ2v) is 5.44. The quantitative estimate of drug-likeness (QED) is 0.784. The topological polar surface area (TPSA) is 41.6 Å². The Bertz CT molecular complexity index is 326. The first kappa shape index (κ1) is 15.6. The fourth-order valence-electron chi connectivity index (χ4n) is 2.85. The Hall–Kier alpha value is -0.820. The third-order valence-electron chi connectivity index (χ3n) is 4.14. The van der Waals surface area contributed by atoms with Gasteiger partial charge in [0.05, 0.1) is 0 Å². The average Bonchev–Trinajstić information content (AvgIpc) is 2.35. The molecule has 0 amide bonds. The highest BCUT2D eigenvalue weighted by Crippen LogP contribution is 2.28. The van der Waals surface area contributed by atoms with E-state index in [0.29, 0.717) is 18.6 Å². The number of hydrogen-bond acceptors (Lipinski definition) is 4. The fourth-order valence-corrected chi connectivity index (χ4v) is 2.85. The molecule has 1 N–H and O–H groups in total. The molecule has 1 heterocycles. The summed E-state index contributed by atoms with van der Waals surface area (Å²) < 4.78 is 40.5. The van der Waals surface area contributed by atoms with Crippen molar-refractivity contribution in [1.29, 1.82) is 0 Å². The van der Waals surface area contributed by atoms with Crippen molar-refractivity contribution < 1.29 is 22.7 Å². The van der Waals surface area contributed by atoms with Crippen LogP contribution in [0.1, 0.15) is 32.1 Å². The summed E-state index contributed by atoms with van der Waals surface area (Å²) in [5.74, 6) is -2.09. The minimum Gasteiger partial charge on any atom is -0.458 e. The maximum atomic E-state index is 12.1. The molecule has 0 atom stereocenters. The number of alkyl halides is 3. The van der Waals surface area contributed by atoms with Gasteiger partial charge in [0.15, 0.2) is 0 Å². The van der Waals surface area contributed by atoms with Crippen molar-refractivity contribution >= 4 is 5.97 Å². The van der Waals surface area contributed by atoms with Crippen molar-refractivity contribution in [3.63, 3.8) is 0 Å². The van der Waals surface area contributed by atoms with Crippen molar-refractivity contribution in [2.45, 2.75) is 50.4 Å². The highest BCUT2D eigenvalue weighted by molar-refractivity contribution is 5.75. The van der Waals surface area contributed by atoms with E-state index >= 15 is 0 Å². The molecule has 0 unspecified atom stereocenters. The number of halogens is 3. The van der Waals surface area contributed by atoms with Crippen LogP contribution in [-0.2, 0) is 9.53 Å². The van der Waals surface area contributed by atoms with Crippen LogP contribution in [0.4, 0.5) is 13.2 Å². The Balaban J connectivity index is 1.80. The summed E-state index contributed by atoms with van der Waals surface area (Å²) in [6.45, 7) is 2.10. The van der Waals surface area contributed by atoms with Crippen LogP contribution in [0.15, 0.2) is 0 Å². The van der Waals surface area contributed by atoms with E-state index in [0.717, 1.165) is 38.8 Å². The van der Waals surface area contributed by atoms with Gasteiger partial charge in [-0.05, 0) is 38.8 Å². The number of carbonyl (C=O) groups excluding carboxylic acids is 1. The summed E-state index contributed by atoms with van der Waals surface area (Å²) in [6.07, 6.45) is 0.478. The van der Waals surface area contributed by atoms with E-state index in [1.165, 1.54) is 6.42 Å². The smallest absolute Gasteiger partial charge is 0.458 e. The zero-order chi connectivity index (χ0) is 14.6. The third-order valence-corrected chi connectivity index (χ3v) is 4.14. The molecule has 2 fully saturated rings. The van der Waals surface area contributed by atoms with Crippen molar-refractivity contribution in [1.82, 2.24) is 10.2 Å². The number of carbonyl (C=O) groups is 1. The monoisotopic (exact) mass is 294 g/mol. The molecule has 116 valence electrons. The number of nitrogens with zero attached hydrogens (tertiary/aromatic N) is 1. The largest absolute Gasteiger partial charge is 0.490 e. The molecule has 20 heavy (non-hydrogen) atoms. The average molecular weight is 294 g/mol. The van der Waals surface area contributed by atoms with Crippen LogP contribution < -0.4 is 5.32 Å². The highest BCUT2D eigenvalue weighted by atomic mass is 19.4. The Kier molecular flexibility index (Phi) is 5.26. The first-order chi connectivity index (χ1) is 9.48. The van der Waals surface area contributed by atoms with Crippen molar-refractivity contribution in [2.75, 3.05) is 26.2 Å². The van der Waals surface area contributed by atoms with E-state index in [9.17, 15) is 18.0 Å². The van der Waals surface area contributed by atoms with Gasteiger partial charge in [-0.2, -0.15) is 13.2 Å². The minimum atomic E-state index is -4.89. The lowest BCUT2D eigenvalue weighted by Gasteiger charge is -2.44. The molecule has 0 aromatic heterocycles. The molecular formula is C13H21F3N2O2. The van der Waals surface area contributed by atoms with Gasteiger partial charge in [0.25, 0.3) is 0 Å². The number of esters is 1. The van der Waals surface area contributed by atoms with Crippen molar-refractivity contribution in [2.24, 2.45) is 0 Å². The van der Waals surface area contributed by atoms with E-state index in [4.69, 9.17) is 0 Å². The Morgan fingerprint density at radius 1 is 1.15 bits per heavy atom. The molecule has 7 heteroatoms. The van der Waals surface area contributed by atoms with Crippen LogP contribution in [0.3, 0.4) is 0 Å². The van der Waals surface area contributed by atoms with Gasteiger partial charge in [0.1, 0.15) is 6.61 Å². The first-order valence-corrected chi connectivity index (χ1v) is 7.19. The molecule has 0 aromatic rings. The highest BCUT2D eigenvalue weighted by Gasteiger charge is 2.41. The molecule has 0 radical (unpaired) electrons. The molecule has 1 saturated heterocycles. The molecule has 0 aromatic carbocycles. The predicted molar refractivity (Wildman–Crippen MR) is 67.3 cm³/mol. The lowest BCUT2D eigenvalue weighted by Crippen LogP contribution is -2.51. The maximum absolute atomic E-state index is 12.1. The van der Waals surface area contributed by atoms with E-state index in [1.807, 2.05) is 0 Å². The van der Waals surface area contributed by atoms with Crippen LogP contribution in [0.25, 0.3) is 0 Å². The Morgan fingerprint density at radius 2 is 1.75 bits per heavy atom. The van der Waals surface area contributed by atoms with Crippen LogP contribution in [0.5, 0.6) is 0 Å². The molecule has 0 spiro atoms. The Labute approximate surface area is 116 Å². The number of nitrogens with one attached hydrogen (secondary N) is 1. The van der Waals surface area contributed by atoms with E-state index in [1.54, 1.807) is 0 Å². The molecule has 1 saturated carbocycles. The maximum Gasteiger partial charge on any atom is 0.490 e. The molecule has 1 aliphatic heterocycles. The van der Waals surface area contributed by atoms with Gasteiger partial charge in [-0.3, -0.25) is 4.90 Å². The van der Waals surface area contributed by atoms with Gasteiger partial charge in [0, 0.05) is 18.6 Å². The second-order valence-electron chi connectivity index (χ2n) is 5.44. The van der Waals surface area contributed by atoms with Crippen LogP contribution in [-0.4, -0.2) is 55.4 Å². The van der Waals surface area contributed by atoms with Gasteiger partial charge < -0.3 is 10.1 Å². The summed E-state index contributed by atoms with van der Waals surface area (Å²) in [6, 6.07) is 0.842. The van der Waals surface area contributed by atoms with Gasteiger partial charge in [-0.1, -0.05) is 6.42 Å². The predicted octanol–water partition coefficient (Wildman–Crippen LogP) is 1.70. The molecule has 4 nitrogen and oxygen atoms in total. The number of ether oxygens (including phenoxy) is 1. The van der Waals surface area contributed by atoms with Crippen LogP contribution in [0.2, 0.25) is 0 Å². The summed E-state index contributed by atoms with van der Waals surface area (Å²) in [5.41, 5.74) is 0. The number of piperidine rings is 1. The van der Waals surface area contributed by atoms with E-state index < -0.39 is 12.1 Å². The molecule has 0 bridgehead atoms. The number of hydrogen-bond donors (Lipinski definition) is 1. The standard InChI is InChI=1S/C13H21F3N2O2/c14-13(15,16)12(19)20-9-8-18(10-2-1-3-10)11-4-6-17-7-5-11/h10-11,17H,1-9H2. The molecule has 2 rings (SSSR count). The molecule has 2 aliphatic rings. The van der Waals surface area contributed by atoms with Crippen LogP contribution >= 0.6 is 0 Å². The van der Waals surface area contributed by atoms with Crippen LogP contribution in [0, 0.1) is 0 Å². The minimum absolute atomic E-state index is 0.182. The van der Waals surface area contributed by atoms with Gasteiger partial charge in [-0.25, -0.2) is 4.79 Å². The van der Waals surface area contributed by atoms with Gasteiger partial charge in [0.2, 0.25) is 0 Å².